The maximum atomic E-state index is 13.9. The largest absolute Gasteiger partial charge is 0.457 e. The zero-order valence-corrected chi connectivity index (χ0v) is 25.5. The van der Waals surface area contributed by atoms with Gasteiger partial charge in [-0.2, -0.15) is 0 Å². The predicted molar refractivity (Wildman–Crippen MR) is 150 cm³/mol. The van der Waals surface area contributed by atoms with Gasteiger partial charge in [0.25, 0.3) is 0 Å². The number of hydrogen-bond donors (Lipinski definition) is 2. The number of alkyl halides is 1. The Kier molecular flexibility index (Phi) is 9.49. The summed E-state index contributed by atoms with van der Waals surface area (Å²) < 4.78 is 11.3. The second-order valence-corrected chi connectivity index (χ2v) is 13.1. The van der Waals surface area contributed by atoms with Gasteiger partial charge in [-0.15, -0.1) is 11.6 Å². The van der Waals surface area contributed by atoms with Crippen LogP contribution in [-0.2, 0) is 28.7 Å². The van der Waals surface area contributed by atoms with Gasteiger partial charge in [0.05, 0.1) is 11.0 Å². The van der Waals surface area contributed by atoms with Crippen LogP contribution in [-0.4, -0.2) is 63.0 Å². The zero-order valence-electron chi connectivity index (χ0n) is 24.8. The number of ketones is 2. The Hall–Kier alpha value is -2.03. The molecular weight excluding hydrogens is 536 g/mol. The highest BCUT2D eigenvalue weighted by Gasteiger charge is 2.76. The van der Waals surface area contributed by atoms with E-state index in [0.29, 0.717) is 19.3 Å². The number of carbonyl (C=O) groups excluding carboxylic acids is 4. The van der Waals surface area contributed by atoms with Crippen LogP contribution in [0.4, 0.5) is 0 Å². The number of ether oxygens (including phenoxy) is 2. The summed E-state index contributed by atoms with van der Waals surface area (Å²) in [6.45, 7) is 12.1. The van der Waals surface area contributed by atoms with Crippen LogP contribution in [0.2, 0.25) is 0 Å². The lowest BCUT2D eigenvalue weighted by Crippen LogP contribution is -2.69. The quantitative estimate of drug-likeness (QED) is 0.348. The van der Waals surface area contributed by atoms with Crippen LogP contribution < -0.4 is 0 Å². The minimum absolute atomic E-state index is 0.0801. The van der Waals surface area contributed by atoms with E-state index in [9.17, 15) is 24.3 Å². The van der Waals surface area contributed by atoms with Crippen LogP contribution in [0.15, 0.2) is 23.8 Å². The van der Waals surface area contributed by atoms with Crippen LogP contribution in [0.3, 0.4) is 0 Å². The van der Waals surface area contributed by atoms with Crippen molar-refractivity contribution >= 4 is 35.1 Å². The van der Waals surface area contributed by atoms with Gasteiger partial charge in [-0.25, -0.2) is 0 Å². The van der Waals surface area contributed by atoms with E-state index in [4.69, 9.17) is 26.2 Å². The molecule has 0 unspecified atom stereocenters. The Balaban J connectivity index is 0.00000103. The number of Topliss-reactive ketones (excluding diaryl/α,β-unsaturated/α-hetero) is 1. The summed E-state index contributed by atoms with van der Waals surface area (Å²) in [5.41, 5.74) is -2.27. The summed E-state index contributed by atoms with van der Waals surface area (Å²) in [4.78, 5) is 49.5. The van der Waals surface area contributed by atoms with E-state index in [1.807, 2.05) is 26.8 Å². The van der Waals surface area contributed by atoms with Crippen LogP contribution in [0.25, 0.3) is 0 Å². The van der Waals surface area contributed by atoms with E-state index in [-0.39, 0.29) is 48.9 Å². The lowest BCUT2D eigenvalue weighted by atomic mass is 9.45. The van der Waals surface area contributed by atoms with Crippen molar-refractivity contribution in [1.82, 2.24) is 0 Å². The molecule has 0 radical (unpaired) electrons. The van der Waals surface area contributed by atoms with Gasteiger partial charge >= 0.3 is 11.9 Å². The first kappa shape index (κ1) is 32.5. The normalized spacial score (nSPS) is 39.7. The number of rotatable bonds is 6. The van der Waals surface area contributed by atoms with Crippen molar-refractivity contribution in [2.24, 2.45) is 28.6 Å². The second-order valence-electron chi connectivity index (χ2n) is 12.5. The SMILES string of the molecule is CC(C)O.CCC(=O)OCC(=O)[C@@]1(OC(=O)CC)[C@@H](C)C[C@H]2[C@@H]3CCC4=CC(=O)C=C[C@]4(C)[C@@]3(Cl)[C@@H](O)C[C@@]21C. The molecule has 3 saturated carbocycles. The van der Waals surface area contributed by atoms with Gasteiger partial charge in [-0.3, -0.25) is 19.2 Å². The summed E-state index contributed by atoms with van der Waals surface area (Å²) in [6, 6.07) is 0. The number of halogens is 1. The molecule has 0 aromatic heterocycles. The molecule has 3 fully saturated rings. The molecule has 4 aliphatic carbocycles. The molecule has 0 amide bonds. The molecule has 224 valence electrons. The standard InChI is InChI=1S/C28H37ClO7.C3H8O/c1-6-23(33)35-15-22(32)28(36-24(34)7-2)16(3)12-20-19-9-8-17-13-18(30)10-11-25(17,4)27(19,29)21(31)14-26(20,28)5;1-3(2)4/h10-11,13,16,19-21,31H,6-9,12,14-15H2,1-5H3;3-4H,1-2H3/t16-,19-,20-,21-,25-,26-,27-,28-;/m0./s1. The molecule has 8 atom stereocenters. The Labute approximate surface area is 242 Å². The summed E-state index contributed by atoms with van der Waals surface area (Å²) in [7, 11) is 0. The van der Waals surface area contributed by atoms with E-state index in [2.05, 4.69) is 0 Å². The highest BCUT2D eigenvalue weighted by atomic mass is 35.5. The predicted octanol–water partition coefficient (Wildman–Crippen LogP) is 4.47. The molecule has 2 N–H and O–H groups in total. The van der Waals surface area contributed by atoms with Crippen LogP contribution in [0, 0.1) is 28.6 Å². The lowest BCUT2D eigenvalue weighted by Gasteiger charge is -2.64. The van der Waals surface area contributed by atoms with Crippen molar-refractivity contribution in [1.29, 1.82) is 0 Å². The van der Waals surface area contributed by atoms with Gasteiger partial charge in [0.2, 0.25) is 5.78 Å². The number of aliphatic hydroxyl groups is 2. The Morgan fingerprint density at radius 2 is 1.73 bits per heavy atom. The Morgan fingerprint density at radius 1 is 1.12 bits per heavy atom. The zero-order chi connectivity index (χ0) is 30.3. The second kappa shape index (κ2) is 11.7. The van der Waals surface area contributed by atoms with Crippen molar-refractivity contribution in [3.8, 4) is 0 Å². The maximum Gasteiger partial charge on any atom is 0.306 e. The molecule has 0 saturated heterocycles. The minimum atomic E-state index is -1.55. The van der Waals surface area contributed by atoms with E-state index in [1.54, 1.807) is 33.8 Å². The third-order valence-corrected chi connectivity index (χ3v) is 10.7. The number of fused-ring (bicyclic) bond motifs is 5. The molecule has 9 heteroatoms. The van der Waals surface area contributed by atoms with E-state index >= 15 is 0 Å². The Morgan fingerprint density at radius 3 is 2.30 bits per heavy atom. The molecular formula is C31H45ClO8. The summed E-state index contributed by atoms with van der Waals surface area (Å²) in [6.07, 6.45) is 6.01. The van der Waals surface area contributed by atoms with Gasteiger partial charge < -0.3 is 19.7 Å². The smallest absolute Gasteiger partial charge is 0.306 e. The van der Waals surface area contributed by atoms with Crippen molar-refractivity contribution in [2.75, 3.05) is 6.61 Å². The fourth-order valence-corrected chi connectivity index (χ4v) is 8.53. The average molecular weight is 581 g/mol. The average Bonchev–Trinajstić information content (AvgIpc) is 3.09. The van der Waals surface area contributed by atoms with Crippen LogP contribution in [0.1, 0.15) is 87.0 Å². The van der Waals surface area contributed by atoms with Crippen molar-refractivity contribution < 1.29 is 38.9 Å². The van der Waals surface area contributed by atoms with Crippen molar-refractivity contribution in [3.63, 3.8) is 0 Å². The number of hydrogen-bond acceptors (Lipinski definition) is 8. The maximum absolute atomic E-state index is 13.9. The molecule has 4 aliphatic rings. The molecule has 40 heavy (non-hydrogen) atoms. The highest BCUT2D eigenvalue weighted by Crippen LogP contribution is 2.72. The van der Waals surface area contributed by atoms with E-state index in [0.717, 1.165) is 5.57 Å². The molecule has 0 bridgehead atoms. The van der Waals surface area contributed by atoms with E-state index in [1.165, 1.54) is 6.08 Å². The first-order chi connectivity index (χ1) is 18.5. The van der Waals surface area contributed by atoms with E-state index < -0.39 is 51.7 Å². The molecule has 0 aromatic carbocycles. The topological polar surface area (TPSA) is 127 Å². The molecule has 8 nitrogen and oxygen atoms in total. The minimum Gasteiger partial charge on any atom is -0.457 e. The number of aliphatic hydroxyl groups excluding tert-OH is 2. The number of carbonyl (C=O) groups is 4. The summed E-state index contributed by atoms with van der Waals surface area (Å²) in [5, 5.41) is 19.8. The van der Waals surface area contributed by atoms with Crippen molar-refractivity contribution in [2.45, 2.75) is 110 Å². The van der Waals surface area contributed by atoms with Gasteiger partial charge in [0.15, 0.2) is 18.0 Å². The van der Waals surface area contributed by atoms with Gasteiger partial charge in [0, 0.05) is 35.7 Å². The molecule has 0 heterocycles. The third kappa shape index (κ3) is 4.98. The molecule has 0 spiro atoms. The van der Waals surface area contributed by atoms with Gasteiger partial charge in [-0.1, -0.05) is 46.3 Å². The number of allylic oxidation sites excluding steroid dienone is 4. The first-order valence-electron chi connectivity index (χ1n) is 14.4. The highest BCUT2D eigenvalue weighted by molar-refractivity contribution is 6.26. The fraction of sp³-hybridized carbons (Fsp3) is 0.742. The van der Waals surface area contributed by atoms with Crippen LogP contribution in [0.5, 0.6) is 0 Å². The summed E-state index contributed by atoms with van der Waals surface area (Å²) >= 11 is 7.48. The van der Waals surface area contributed by atoms with Gasteiger partial charge in [-0.05, 0) is 63.5 Å². The van der Waals surface area contributed by atoms with Crippen LogP contribution >= 0.6 is 11.6 Å². The molecule has 0 aromatic rings. The Bertz CT molecular complexity index is 1090. The van der Waals surface area contributed by atoms with Gasteiger partial charge in [0.1, 0.15) is 0 Å². The monoisotopic (exact) mass is 580 g/mol. The lowest BCUT2D eigenvalue weighted by molar-refractivity contribution is -0.203. The molecule has 4 rings (SSSR count). The third-order valence-electron chi connectivity index (χ3n) is 9.81. The first-order valence-corrected chi connectivity index (χ1v) is 14.8. The molecule has 0 aliphatic heterocycles. The fourth-order valence-electron chi connectivity index (χ4n) is 8.01. The summed E-state index contributed by atoms with van der Waals surface area (Å²) in [5.74, 6) is -2.24. The number of esters is 2. The van der Waals surface area contributed by atoms with Crippen molar-refractivity contribution in [3.05, 3.63) is 23.8 Å².